The molecule has 33 heavy (non-hydrogen) atoms. The molecule has 0 spiro atoms. The Balaban J connectivity index is 1.37. The number of fused-ring (bicyclic) bond motifs is 1. The van der Waals surface area contributed by atoms with E-state index in [1.54, 1.807) is 23.4 Å². The number of hydrogen-bond acceptors (Lipinski definition) is 5. The van der Waals surface area contributed by atoms with Crippen LogP contribution in [0.25, 0.3) is 11.0 Å². The lowest BCUT2D eigenvalue weighted by molar-refractivity contribution is -0.134. The molecule has 7 heteroatoms. The van der Waals surface area contributed by atoms with Gasteiger partial charge in [-0.05, 0) is 42.7 Å². The average Bonchev–Trinajstić information content (AvgIpc) is 3.22. The predicted octanol–water partition coefficient (Wildman–Crippen LogP) is 4.03. The molecular formula is C26H29N3O4. The molecule has 2 aliphatic rings. The normalized spacial score (nSPS) is 20.2. The molecule has 3 aromatic rings. The minimum absolute atomic E-state index is 0.0126. The molecule has 5 rings (SSSR count). The number of hydrogen-bond donors (Lipinski definition) is 0. The van der Waals surface area contributed by atoms with Crippen LogP contribution in [0.1, 0.15) is 48.2 Å². The summed E-state index contributed by atoms with van der Waals surface area (Å²) >= 11 is 0. The fourth-order valence-corrected chi connectivity index (χ4v) is 4.89. The third-order valence-corrected chi connectivity index (χ3v) is 6.64. The Kier molecular flexibility index (Phi) is 6.39. The van der Waals surface area contributed by atoms with Crippen LogP contribution >= 0.6 is 0 Å². The van der Waals surface area contributed by atoms with Gasteiger partial charge in [-0.2, -0.15) is 0 Å². The molecule has 1 atom stereocenters. The van der Waals surface area contributed by atoms with E-state index in [-0.39, 0.29) is 36.3 Å². The molecule has 2 aromatic heterocycles. The molecule has 2 fully saturated rings. The van der Waals surface area contributed by atoms with Gasteiger partial charge in [0.15, 0.2) is 5.76 Å². The topological polar surface area (TPSA) is 75.9 Å². The second-order valence-electron chi connectivity index (χ2n) is 8.96. The summed E-state index contributed by atoms with van der Waals surface area (Å²) in [6, 6.07) is 13.3. The van der Waals surface area contributed by atoms with Crippen molar-refractivity contribution in [2.45, 2.75) is 50.9 Å². The highest BCUT2D eigenvalue weighted by Gasteiger charge is 2.35. The number of furan rings is 1. The van der Waals surface area contributed by atoms with Crippen LogP contribution in [0.15, 0.2) is 59.3 Å². The Morgan fingerprint density at radius 1 is 1.06 bits per heavy atom. The van der Waals surface area contributed by atoms with Crippen molar-refractivity contribution in [1.82, 2.24) is 14.8 Å². The Hall–Kier alpha value is -3.19. The van der Waals surface area contributed by atoms with Gasteiger partial charge in [-0.1, -0.05) is 37.5 Å². The molecular weight excluding hydrogens is 418 g/mol. The number of carbonyl (C=O) groups is 2. The number of benzene rings is 1. The quantitative estimate of drug-likeness (QED) is 0.590. The first kappa shape index (κ1) is 21.6. The maximum atomic E-state index is 13.4. The van der Waals surface area contributed by atoms with E-state index in [2.05, 4.69) is 4.98 Å². The van der Waals surface area contributed by atoms with Crippen molar-refractivity contribution in [3.63, 3.8) is 0 Å². The minimum Gasteiger partial charge on any atom is -0.451 e. The summed E-state index contributed by atoms with van der Waals surface area (Å²) in [5, 5.41) is 0.872. The average molecular weight is 448 g/mol. The van der Waals surface area contributed by atoms with Gasteiger partial charge in [-0.15, -0.1) is 0 Å². The van der Waals surface area contributed by atoms with E-state index in [1.165, 1.54) is 6.42 Å². The number of ether oxygens (including phenoxy) is 1. The van der Waals surface area contributed by atoms with E-state index in [0.29, 0.717) is 25.3 Å². The number of amides is 2. The molecule has 0 radical (unpaired) electrons. The fraction of sp³-hybridized carbons (Fsp3) is 0.423. The maximum absolute atomic E-state index is 13.4. The number of pyridine rings is 1. The van der Waals surface area contributed by atoms with Crippen LogP contribution in [0.4, 0.5) is 0 Å². The van der Waals surface area contributed by atoms with Gasteiger partial charge in [-0.3, -0.25) is 14.6 Å². The first-order valence-corrected chi connectivity index (χ1v) is 11.8. The summed E-state index contributed by atoms with van der Waals surface area (Å²) in [5.74, 6) is -0.0353. The molecule has 1 saturated heterocycles. The highest BCUT2D eigenvalue weighted by atomic mass is 16.5. The number of nitrogens with zero attached hydrogens (tertiary/aromatic N) is 3. The second-order valence-corrected chi connectivity index (χ2v) is 8.96. The Morgan fingerprint density at radius 3 is 2.64 bits per heavy atom. The van der Waals surface area contributed by atoms with E-state index in [9.17, 15) is 9.59 Å². The van der Waals surface area contributed by atoms with E-state index in [1.807, 2.05) is 41.3 Å². The zero-order valence-electron chi connectivity index (χ0n) is 18.7. The van der Waals surface area contributed by atoms with Crippen molar-refractivity contribution in [3.05, 3.63) is 66.2 Å². The predicted molar refractivity (Wildman–Crippen MR) is 124 cm³/mol. The number of rotatable bonds is 5. The molecule has 3 heterocycles. The van der Waals surface area contributed by atoms with E-state index < -0.39 is 0 Å². The van der Waals surface area contributed by atoms with Gasteiger partial charge in [0.1, 0.15) is 12.1 Å². The summed E-state index contributed by atoms with van der Waals surface area (Å²) in [5.41, 5.74) is 1.68. The molecule has 2 amide bonds. The van der Waals surface area contributed by atoms with Crippen LogP contribution in [0.3, 0.4) is 0 Å². The van der Waals surface area contributed by atoms with E-state index >= 15 is 0 Å². The third kappa shape index (κ3) is 4.93. The number of carbonyl (C=O) groups excluding carboxylic acids is 2. The Morgan fingerprint density at radius 2 is 1.85 bits per heavy atom. The standard InChI is InChI=1S/C26H29N3O4/c30-25-17-28(26(31)24-14-20-6-4-5-9-23(20)33-24)15-22(32-18-19-10-12-27-13-11-19)16-29(25)21-7-2-1-3-8-21/h4-6,9-14,21-22H,1-3,7-8,15-18H2/t22-/m0/s1. The van der Waals surface area contributed by atoms with Crippen molar-refractivity contribution in [2.24, 2.45) is 0 Å². The minimum atomic E-state index is -0.278. The van der Waals surface area contributed by atoms with E-state index in [0.717, 1.165) is 36.6 Å². The fourth-order valence-electron chi connectivity index (χ4n) is 4.89. The van der Waals surface area contributed by atoms with Crippen molar-refractivity contribution in [3.8, 4) is 0 Å². The summed E-state index contributed by atoms with van der Waals surface area (Å²) in [6.45, 7) is 1.29. The van der Waals surface area contributed by atoms with Crippen LogP contribution in [-0.2, 0) is 16.1 Å². The SMILES string of the molecule is O=C(c1cc2ccccc2o1)N1CC(=O)N(C2CCCCC2)C[C@@H](OCc2ccncc2)C1. The van der Waals surface area contributed by atoms with Crippen LogP contribution in [0, 0.1) is 0 Å². The first-order chi connectivity index (χ1) is 16.2. The Bertz CT molecular complexity index is 1070. The molecule has 1 aliphatic carbocycles. The summed E-state index contributed by atoms with van der Waals surface area (Å²) in [6.07, 6.45) is 8.72. The lowest BCUT2D eigenvalue weighted by atomic mass is 9.94. The molecule has 1 aromatic carbocycles. The van der Waals surface area contributed by atoms with Crippen molar-refractivity contribution >= 4 is 22.8 Å². The molecule has 7 nitrogen and oxygen atoms in total. The van der Waals surface area contributed by atoms with Crippen LogP contribution < -0.4 is 0 Å². The van der Waals surface area contributed by atoms with Crippen LogP contribution in [0.2, 0.25) is 0 Å². The zero-order chi connectivity index (χ0) is 22.6. The number of para-hydroxylation sites is 1. The van der Waals surface area contributed by atoms with Gasteiger partial charge in [-0.25, -0.2) is 0 Å². The monoisotopic (exact) mass is 447 g/mol. The first-order valence-electron chi connectivity index (χ1n) is 11.8. The van der Waals surface area contributed by atoms with Gasteiger partial charge < -0.3 is 19.0 Å². The molecule has 0 unspecified atom stereocenters. The largest absolute Gasteiger partial charge is 0.451 e. The highest BCUT2D eigenvalue weighted by Crippen LogP contribution is 2.26. The van der Waals surface area contributed by atoms with Crippen molar-refractivity contribution in [1.29, 1.82) is 0 Å². The molecule has 0 N–H and O–H groups in total. The van der Waals surface area contributed by atoms with Crippen LogP contribution in [-0.4, -0.2) is 58.4 Å². The van der Waals surface area contributed by atoms with Crippen molar-refractivity contribution in [2.75, 3.05) is 19.6 Å². The van der Waals surface area contributed by atoms with Gasteiger partial charge >= 0.3 is 0 Å². The molecule has 0 bridgehead atoms. The summed E-state index contributed by atoms with van der Waals surface area (Å²) in [4.78, 5) is 34.3. The highest BCUT2D eigenvalue weighted by molar-refractivity contribution is 5.98. The lowest BCUT2D eigenvalue weighted by Crippen LogP contribution is -2.46. The molecule has 1 saturated carbocycles. The number of aromatic nitrogens is 1. The summed E-state index contributed by atoms with van der Waals surface area (Å²) < 4.78 is 12.1. The smallest absolute Gasteiger partial charge is 0.290 e. The summed E-state index contributed by atoms with van der Waals surface area (Å²) in [7, 11) is 0. The van der Waals surface area contributed by atoms with Gasteiger partial charge in [0.2, 0.25) is 5.91 Å². The second kappa shape index (κ2) is 9.75. The lowest BCUT2D eigenvalue weighted by Gasteiger charge is -2.34. The third-order valence-electron chi connectivity index (χ3n) is 6.64. The molecule has 1 aliphatic heterocycles. The van der Waals surface area contributed by atoms with Crippen LogP contribution in [0.5, 0.6) is 0 Å². The van der Waals surface area contributed by atoms with Gasteiger partial charge in [0, 0.05) is 36.9 Å². The Labute approximate surface area is 193 Å². The maximum Gasteiger partial charge on any atom is 0.290 e. The van der Waals surface area contributed by atoms with E-state index in [4.69, 9.17) is 9.15 Å². The zero-order valence-corrected chi connectivity index (χ0v) is 18.7. The van der Waals surface area contributed by atoms with Gasteiger partial charge in [0.05, 0.1) is 12.7 Å². The van der Waals surface area contributed by atoms with Gasteiger partial charge in [0.25, 0.3) is 5.91 Å². The van der Waals surface area contributed by atoms with Crippen molar-refractivity contribution < 1.29 is 18.7 Å². The molecule has 172 valence electrons.